The second kappa shape index (κ2) is 4.46. The summed E-state index contributed by atoms with van der Waals surface area (Å²) in [7, 11) is 0. The smallest absolute Gasteiger partial charge is 0.358 e. The molecule has 0 bridgehead atoms. The third kappa shape index (κ3) is 1.99. The maximum Gasteiger partial charge on any atom is 0.358 e. The first kappa shape index (κ1) is 11.8. The van der Waals surface area contributed by atoms with E-state index in [4.69, 9.17) is 4.74 Å². The summed E-state index contributed by atoms with van der Waals surface area (Å²) in [5.74, 6) is 0.0517. The van der Waals surface area contributed by atoms with Crippen LogP contribution in [0, 0.1) is 0 Å². The van der Waals surface area contributed by atoms with E-state index in [0.29, 0.717) is 24.4 Å². The lowest BCUT2D eigenvalue weighted by Crippen LogP contribution is -2.14. The highest BCUT2D eigenvalue weighted by atomic mass is 16.5. The number of esters is 1. The van der Waals surface area contributed by atoms with Crippen molar-refractivity contribution in [3.63, 3.8) is 0 Å². The molecular formula is C13H13N3O3. The summed E-state index contributed by atoms with van der Waals surface area (Å²) in [6.45, 7) is 2.04. The van der Waals surface area contributed by atoms with Gasteiger partial charge in [0.05, 0.1) is 17.9 Å². The number of Topliss-reactive ketones (excluding diaryl/α,β-unsaturated/α-hetero) is 1. The summed E-state index contributed by atoms with van der Waals surface area (Å²) >= 11 is 0. The van der Waals surface area contributed by atoms with Gasteiger partial charge >= 0.3 is 5.97 Å². The van der Waals surface area contributed by atoms with Crippen LogP contribution in [0.15, 0.2) is 12.4 Å². The summed E-state index contributed by atoms with van der Waals surface area (Å²) in [4.78, 5) is 31.9. The minimum Gasteiger partial charge on any atom is -0.461 e. The van der Waals surface area contributed by atoms with Gasteiger partial charge in [0.2, 0.25) is 5.78 Å². The zero-order chi connectivity index (χ0) is 13.4. The van der Waals surface area contributed by atoms with Gasteiger partial charge in [0.15, 0.2) is 11.5 Å². The molecule has 2 aromatic heterocycles. The van der Waals surface area contributed by atoms with Crippen LogP contribution in [0.2, 0.25) is 0 Å². The number of rotatable bonds is 2. The Morgan fingerprint density at radius 3 is 3.00 bits per heavy atom. The average molecular weight is 259 g/mol. The number of aryl methyl sites for hydroxylation is 1. The number of fused-ring (bicyclic) bond motifs is 2. The first-order valence-corrected chi connectivity index (χ1v) is 6.28. The van der Waals surface area contributed by atoms with Gasteiger partial charge in [0, 0.05) is 18.8 Å². The monoisotopic (exact) mass is 259 g/mol. The number of ketones is 1. The van der Waals surface area contributed by atoms with Gasteiger partial charge in [-0.2, -0.15) is 0 Å². The fourth-order valence-corrected chi connectivity index (χ4v) is 2.23. The normalized spacial score (nSPS) is 14.5. The van der Waals surface area contributed by atoms with Gasteiger partial charge in [0.25, 0.3) is 0 Å². The van der Waals surface area contributed by atoms with Crippen molar-refractivity contribution in [2.24, 2.45) is 0 Å². The summed E-state index contributed by atoms with van der Waals surface area (Å²) in [5.41, 5.74) is 1.61. The van der Waals surface area contributed by atoms with Gasteiger partial charge in [0.1, 0.15) is 0 Å². The largest absolute Gasteiger partial charge is 0.461 e. The highest BCUT2D eigenvalue weighted by molar-refractivity contribution is 5.98. The van der Waals surface area contributed by atoms with Crippen LogP contribution in [-0.4, -0.2) is 32.7 Å². The Morgan fingerprint density at radius 2 is 2.21 bits per heavy atom. The second-order valence-electron chi connectivity index (χ2n) is 4.43. The fraction of sp³-hybridized carbons (Fsp3) is 0.385. The Hall–Kier alpha value is -2.24. The van der Waals surface area contributed by atoms with Gasteiger partial charge in [-0.15, -0.1) is 0 Å². The van der Waals surface area contributed by atoms with Crippen LogP contribution in [0.3, 0.4) is 0 Å². The predicted octanol–water partition coefficient (Wildman–Crippen LogP) is 1.43. The number of carbonyl (C=O) groups excluding carboxylic acids is 2. The number of imidazole rings is 1. The standard InChI is InChI=1S/C13H13N3O3/c1-2-19-12(18)10-7-16-6-8-9(14-13(16)15-10)4-3-5-11(8)17/h6-7H,2-5H2,1H3. The molecule has 0 spiro atoms. The predicted molar refractivity (Wildman–Crippen MR) is 66.2 cm³/mol. The molecule has 0 saturated heterocycles. The van der Waals surface area contributed by atoms with Gasteiger partial charge < -0.3 is 4.74 Å². The van der Waals surface area contributed by atoms with E-state index in [2.05, 4.69) is 9.97 Å². The third-order valence-electron chi connectivity index (χ3n) is 3.13. The molecule has 6 nitrogen and oxygen atoms in total. The van der Waals surface area contributed by atoms with Crippen molar-refractivity contribution in [2.45, 2.75) is 26.2 Å². The topological polar surface area (TPSA) is 73.6 Å². The van der Waals surface area contributed by atoms with Crippen molar-refractivity contribution in [1.29, 1.82) is 0 Å². The van der Waals surface area contributed by atoms with Crippen LogP contribution in [0.25, 0.3) is 5.78 Å². The number of hydrogen-bond acceptors (Lipinski definition) is 5. The number of nitrogens with zero attached hydrogens (tertiary/aromatic N) is 3. The van der Waals surface area contributed by atoms with E-state index < -0.39 is 5.97 Å². The molecule has 2 aromatic rings. The first-order chi connectivity index (χ1) is 9.19. The van der Waals surface area contributed by atoms with Gasteiger partial charge in [-0.1, -0.05) is 0 Å². The molecule has 1 aliphatic carbocycles. The lowest BCUT2D eigenvalue weighted by Gasteiger charge is -2.12. The Morgan fingerprint density at radius 1 is 1.37 bits per heavy atom. The molecule has 0 unspecified atom stereocenters. The van der Waals surface area contributed by atoms with Crippen LogP contribution >= 0.6 is 0 Å². The lowest BCUT2D eigenvalue weighted by molar-refractivity contribution is 0.0520. The Labute approximate surface area is 109 Å². The molecule has 0 saturated carbocycles. The number of carbonyl (C=O) groups is 2. The van der Waals surface area contributed by atoms with Crippen molar-refractivity contribution in [1.82, 2.24) is 14.4 Å². The SMILES string of the molecule is CCOC(=O)c1cn2cc3c(nc2n1)CCCC3=O. The van der Waals surface area contributed by atoms with E-state index in [1.165, 1.54) is 0 Å². The number of hydrogen-bond donors (Lipinski definition) is 0. The molecule has 19 heavy (non-hydrogen) atoms. The molecule has 2 heterocycles. The zero-order valence-electron chi connectivity index (χ0n) is 10.5. The van der Waals surface area contributed by atoms with Crippen molar-refractivity contribution in [3.05, 3.63) is 29.3 Å². The van der Waals surface area contributed by atoms with Gasteiger partial charge in [-0.05, 0) is 19.8 Å². The molecule has 0 N–H and O–H groups in total. The summed E-state index contributed by atoms with van der Waals surface area (Å²) in [6, 6.07) is 0. The number of ether oxygens (including phenoxy) is 1. The van der Waals surface area contributed by atoms with E-state index in [0.717, 1.165) is 18.5 Å². The van der Waals surface area contributed by atoms with Crippen LogP contribution in [0.5, 0.6) is 0 Å². The maximum absolute atomic E-state index is 11.8. The number of aromatic nitrogens is 3. The molecule has 3 rings (SSSR count). The van der Waals surface area contributed by atoms with E-state index in [9.17, 15) is 9.59 Å². The molecule has 98 valence electrons. The third-order valence-corrected chi connectivity index (χ3v) is 3.13. The highest BCUT2D eigenvalue weighted by Crippen LogP contribution is 2.20. The van der Waals surface area contributed by atoms with Crippen LogP contribution in [0.1, 0.15) is 46.3 Å². The Kier molecular flexibility index (Phi) is 2.77. The van der Waals surface area contributed by atoms with Gasteiger partial charge in [-0.3, -0.25) is 9.20 Å². The quantitative estimate of drug-likeness (QED) is 0.763. The fourth-order valence-electron chi connectivity index (χ4n) is 2.23. The molecule has 0 aliphatic heterocycles. The van der Waals surface area contributed by atoms with E-state index in [1.807, 2.05) is 0 Å². The highest BCUT2D eigenvalue weighted by Gasteiger charge is 2.21. The summed E-state index contributed by atoms with van der Waals surface area (Å²) in [5, 5.41) is 0. The second-order valence-corrected chi connectivity index (χ2v) is 4.43. The minimum atomic E-state index is -0.475. The van der Waals surface area contributed by atoms with Crippen LogP contribution < -0.4 is 0 Å². The van der Waals surface area contributed by atoms with Crippen molar-refractivity contribution < 1.29 is 14.3 Å². The van der Waals surface area contributed by atoms with Crippen molar-refractivity contribution in [3.8, 4) is 0 Å². The van der Waals surface area contributed by atoms with E-state index >= 15 is 0 Å². The van der Waals surface area contributed by atoms with Crippen molar-refractivity contribution >= 4 is 17.5 Å². The molecule has 0 radical (unpaired) electrons. The lowest BCUT2D eigenvalue weighted by atomic mass is 9.96. The Bertz CT molecular complexity index is 675. The first-order valence-electron chi connectivity index (χ1n) is 6.28. The van der Waals surface area contributed by atoms with Crippen molar-refractivity contribution in [2.75, 3.05) is 6.61 Å². The molecule has 0 atom stereocenters. The molecule has 0 fully saturated rings. The molecular weight excluding hydrogens is 246 g/mol. The molecule has 6 heteroatoms. The van der Waals surface area contributed by atoms with E-state index in [1.54, 1.807) is 23.7 Å². The average Bonchev–Trinajstić information content (AvgIpc) is 2.80. The van der Waals surface area contributed by atoms with Crippen LogP contribution in [-0.2, 0) is 11.2 Å². The molecule has 0 aromatic carbocycles. The summed E-state index contributed by atoms with van der Waals surface area (Å²) in [6.07, 6.45) is 5.40. The van der Waals surface area contributed by atoms with Crippen LogP contribution in [0.4, 0.5) is 0 Å². The molecule has 1 aliphatic rings. The minimum absolute atomic E-state index is 0.0991. The molecule has 0 amide bonds. The summed E-state index contributed by atoms with van der Waals surface area (Å²) < 4.78 is 6.50. The maximum atomic E-state index is 11.8. The van der Waals surface area contributed by atoms with Gasteiger partial charge in [-0.25, -0.2) is 14.8 Å². The van der Waals surface area contributed by atoms with E-state index in [-0.39, 0.29) is 11.5 Å². The zero-order valence-corrected chi connectivity index (χ0v) is 10.5. The Balaban J connectivity index is 2.08.